The quantitative estimate of drug-likeness (QED) is 0.609. The lowest BCUT2D eigenvalue weighted by atomic mass is 9.95. The van der Waals surface area contributed by atoms with Gasteiger partial charge in [-0.1, -0.05) is 25.7 Å². The number of hydrogen-bond donors (Lipinski definition) is 2. The fraction of sp³-hybridized carbons (Fsp3) is 0.667. The van der Waals surface area contributed by atoms with Gasteiger partial charge in [0.15, 0.2) is 0 Å². The van der Waals surface area contributed by atoms with Crippen LogP contribution < -0.4 is 11.3 Å². The number of nitrogens with one attached hydrogen (secondary N) is 1. The van der Waals surface area contributed by atoms with Crippen LogP contribution in [0.15, 0.2) is 11.4 Å². The Balaban J connectivity index is 1.97. The highest BCUT2D eigenvalue weighted by atomic mass is 32.1. The van der Waals surface area contributed by atoms with Crippen LogP contribution in [0.3, 0.4) is 0 Å². The topological polar surface area (TPSA) is 38.0 Å². The van der Waals surface area contributed by atoms with Crippen LogP contribution in [0.5, 0.6) is 0 Å². The summed E-state index contributed by atoms with van der Waals surface area (Å²) >= 11 is 1.81. The van der Waals surface area contributed by atoms with Crippen molar-refractivity contribution in [3.05, 3.63) is 21.9 Å². The number of hydrazine groups is 1. The monoisotopic (exact) mass is 224 g/mol. The molecule has 0 saturated heterocycles. The lowest BCUT2D eigenvalue weighted by molar-refractivity contribution is 0.400. The number of nitrogens with two attached hydrogens (primary N) is 1. The Morgan fingerprint density at radius 2 is 2.27 bits per heavy atom. The minimum absolute atomic E-state index is 0.359. The molecular weight excluding hydrogens is 204 g/mol. The van der Waals surface area contributed by atoms with Crippen LogP contribution in [0.4, 0.5) is 0 Å². The lowest BCUT2D eigenvalue weighted by Gasteiger charge is -2.18. The van der Waals surface area contributed by atoms with E-state index in [-0.39, 0.29) is 0 Å². The normalized spacial score (nSPS) is 19.6. The van der Waals surface area contributed by atoms with Crippen LogP contribution in [0.1, 0.15) is 48.6 Å². The van der Waals surface area contributed by atoms with E-state index in [0.717, 1.165) is 5.92 Å². The Hall–Kier alpha value is -0.380. The van der Waals surface area contributed by atoms with Gasteiger partial charge in [-0.3, -0.25) is 11.3 Å². The first-order valence-corrected chi connectivity index (χ1v) is 6.68. The van der Waals surface area contributed by atoms with Crippen LogP contribution in [0, 0.1) is 12.8 Å². The molecule has 1 aliphatic carbocycles. The van der Waals surface area contributed by atoms with Gasteiger partial charge >= 0.3 is 0 Å². The summed E-state index contributed by atoms with van der Waals surface area (Å²) in [4.78, 5) is 1.37. The zero-order chi connectivity index (χ0) is 10.7. The van der Waals surface area contributed by atoms with Crippen molar-refractivity contribution in [3.8, 4) is 0 Å². The molecule has 1 aromatic rings. The molecule has 1 aromatic heterocycles. The average molecular weight is 224 g/mol. The van der Waals surface area contributed by atoms with Gasteiger partial charge < -0.3 is 0 Å². The Morgan fingerprint density at radius 3 is 2.80 bits per heavy atom. The summed E-state index contributed by atoms with van der Waals surface area (Å²) in [7, 11) is 0. The van der Waals surface area contributed by atoms with Crippen molar-refractivity contribution in [1.82, 2.24) is 5.43 Å². The second-order valence-electron chi connectivity index (χ2n) is 4.60. The molecule has 1 unspecified atom stereocenters. The molecule has 0 spiro atoms. The Labute approximate surface area is 95.8 Å². The molecule has 1 fully saturated rings. The molecule has 0 amide bonds. The predicted octanol–water partition coefficient (Wildman–Crippen LogP) is 3.14. The van der Waals surface area contributed by atoms with Gasteiger partial charge in [0.1, 0.15) is 0 Å². The Morgan fingerprint density at radius 1 is 1.53 bits per heavy atom. The molecule has 0 bridgehead atoms. The van der Waals surface area contributed by atoms with Crippen molar-refractivity contribution in [2.75, 3.05) is 0 Å². The van der Waals surface area contributed by atoms with Gasteiger partial charge in [0.25, 0.3) is 0 Å². The fourth-order valence-electron chi connectivity index (χ4n) is 2.53. The second-order valence-corrected chi connectivity index (χ2v) is 5.71. The summed E-state index contributed by atoms with van der Waals surface area (Å²) in [5.74, 6) is 6.53. The van der Waals surface area contributed by atoms with Crippen LogP contribution in [0.2, 0.25) is 0 Å². The summed E-state index contributed by atoms with van der Waals surface area (Å²) in [6, 6.07) is 2.61. The highest BCUT2D eigenvalue weighted by Crippen LogP contribution is 2.33. The Kier molecular flexibility index (Phi) is 3.78. The highest BCUT2D eigenvalue weighted by Gasteiger charge is 2.20. The highest BCUT2D eigenvalue weighted by molar-refractivity contribution is 7.10. The molecule has 2 rings (SSSR count). The molecule has 1 saturated carbocycles. The van der Waals surface area contributed by atoms with E-state index < -0.39 is 0 Å². The van der Waals surface area contributed by atoms with Gasteiger partial charge in [0.2, 0.25) is 0 Å². The number of aryl methyl sites for hydroxylation is 1. The molecule has 1 heterocycles. The molecule has 0 radical (unpaired) electrons. The zero-order valence-corrected chi connectivity index (χ0v) is 10.1. The molecular formula is C12H20N2S. The second kappa shape index (κ2) is 5.10. The Bertz CT molecular complexity index is 302. The van der Waals surface area contributed by atoms with Gasteiger partial charge in [-0.15, -0.1) is 11.3 Å². The van der Waals surface area contributed by atoms with Crippen molar-refractivity contribution >= 4 is 11.3 Å². The maximum Gasteiger partial charge on any atom is 0.0470 e. The number of rotatable bonds is 4. The van der Waals surface area contributed by atoms with Crippen LogP contribution in [0.25, 0.3) is 0 Å². The molecule has 3 N–H and O–H groups in total. The van der Waals surface area contributed by atoms with E-state index in [1.54, 1.807) is 0 Å². The van der Waals surface area contributed by atoms with Crippen molar-refractivity contribution in [3.63, 3.8) is 0 Å². The van der Waals surface area contributed by atoms with Crippen molar-refractivity contribution in [2.45, 2.75) is 45.1 Å². The maximum absolute atomic E-state index is 5.65. The fourth-order valence-corrected chi connectivity index (χ4v) is 3.28. The average Bonchev–Trinajstić information content (AvgIpc) is 2.85. The van der Waals surface area contributed by atoms with Crippen LogP contribution >= 0.6 is 11.3 Å². The van der Waals surface area contributed by atoms with Gasteiger partial charge in [0, 0.05) is 10.9 Å². The zero-order valence-electron chi connectivity index (χ0n) is 9.33. The first kappa shape index (κ1) is 11.1. The van der Waals surface area contributed by atoms with E-state index in [4.69, 9.17) is 5.84 Å². The molecule has 3 heteroatoms. The number of hydrogen-bond acceptors (Lipinski definition) is 3. The summed E-state index contributed by atoms with van der Waals surface area (Å²) < 4.78 is 0. The third kappa shape index (κ3) is 2.80. The smallest absolute Gasteiger partial charge is 0.0470 e. The van der Waals surface area contributed by atoms with E-state index in [2.05, 4.69) is 23.8 Å². The van der Waals surface area contributed by atoms with E-state index in [0.29, 0.717) is 6.04 Å². The summed E-state index contributed by atoms with van der Waals surface area (Å²) in [6.45, 7) is 2.15. The van der Waals surface area contributed by atoms with Crippen molar-refractivity contribution < 1.29 is 0 Å². The third-order valence-electron chi connectivity index (χ3n) is 3.40. The first-order valence-electron chi connectivity index (χ1n) is 5.80. The van der Waals surface area contributed by atoms with Gasteiger partial charge in [-0.25, -0.2) is 0 Å². The molecule has 1 atom stereocenters. The first-order chi connectivity index (χ1) is 7.29. The molecule has 0 aromatic carbocycles. The SMILES string of the molecule is Cc1cc(C(CC2CCCC2)NN)cs1. The summed E-state index contributed by atoms with van der Waals surface area (Å²) in [6.07, 6.45) is 6.80. The molecule has 2 nitrogen and oxygen atoms in total. The van der Waals surface area contributed by atoms with E-state index in [1.807, 2.05) is 11.3 Å². The van der Waals surface area contributed by atoms with Crippen molar-refractivity contribution in [1.29, 1.82) is 0 Å². The maximum atomic E-state index is 5.65. The minimum Gasteiger partial charge on any atom is -0.271 e. The van der Waals surface area contributed by atoms with Gasteiger partial charge in [0.05, 0.1) is 0 Å². The van der Waals surface area contributed by atoms with Crippen LogP contribution in [-0.2, 0) is 0 Å². The van der Waals surface area contributed by atoms with E-state index >= 15 is 0 Å². The lowest BCUT2D eigenvalue weighted by Crippen LogP contribution is -2.29. The molecule has 84 valence electrons. The number of thiophene rings is 1. The summed E-state index contributed by atoms with van der Waals surface area (Å²) in [5.41, 5.74) is 4.33. The third-order valence-corrected chi connectivity index (χ3v) is 4.28. The van der Waals surface area contributed by atoms with Gasteiger partial charge in [-0.2, -0.15) is 0 Å². The van der Waals surface area contributed by atoms with Gasteiger partial charge in [-0.05, 0) is 36.3 Å². The molecule has 15 heavy (non-hydrogen) atoms. The molecule has 1 aliphatic rings. The molecule has 0 aliphatic heterocycles. The summed E-state index contributed by atoms with van der Waals surface area (Å²) in [5, 5.41) is 2.23. The van der Waals surface area contributed by atoms with Crippen LogP contribution in [-0.4, -0.2) is 0 Å². The predicted molar refractivity (Wildman–Crippen MR) is 65.7 cm³/mol. The van der Waals surface area contributed by atoms with E-state index in [1.165, 1.54) is 42.5 Å². The largest absolute Gasteiger partial charge is 0.271 e. The standard InChI is InChI=1S/C12H20N2S/c1-9-6-11(8-15-9)12(14-13)7-10-4-2-3-5-10/h6,8,10,12,14H,2-5,7,13H2,1H3. The minimum atomic E-state index is 0.359. The van der Waals surface area contributed by atoms with E-state index in [9.17, 15) is 0 Å². The van der Waals surface area contributed by atoms with Crippen molar-refractivity contribution in [2.24, 2.45) is 11.8 Å².